The Morgan fingerprint density at radius 2 is 0.738 bits per heavy atom. The van der Waals surface area contributed by atoms with Crippen molar-refractivity contribution in [3.05, 3.63) is 95.6 Å². The number of rotatable bonds is 27. The summed E-state index contributed by atoms with van der Waals surface area (Å²) in [6.45, 7) is 4.16. The number of phenolic OH excluding ortho intramolecular Hbond substituents is 2. The predicted molar refractivity (Wildman–Crippen MR) is 300 cm³/mol. The third-order valence-corrected chi connectivity index (χ3v) is 10.2. The number of aliphatic carboxylic acids is 8. The van der Waals surface area contributed by atoms with E-state index in [4.69, 9.17) is 108 Å². The van der Waals surface area contributed by atoms with E-state index in [1.165, 1.54) is 24.3 Å². The first-order valence-corrected chi connectivity index (χ1v) is 25.1. The molecule has 472 valence electrons. The zero-order chi connectivity index (χ0) is 65.8. The van der Waals surface area contributed by atoms with E-state index in [0.717, 1.165) is 24.0 Å². The number of esters is 2. The van der Waals surface area contributed by atoms with Gasteiger partial charge >= 0.3 is 59.7 Å². The maximum absolute atomic E-state index is 11.6. The fourth-order valence-electron chi connectivity index (χ4n) is 5.17. The third-order valence-electron chi connectivity index (χ3n) is 10.2. The van der Waals surface area contributed by atoms with Gasteiger partial charge in [0.1, 0.15) is 59.8 Å². The highest BCUT2D eigenvalue weighted by atomic mass is 16.6. The Kier molecular flexibility index (Phi) is 45.6. The Balaban J connectivity index is -0.000000456. The second kappa shape index (κ2) is 46.8. The van der Waals surface area contributed by atoms with Crippen LogP contribution in [0.5, 0.6) is 11.5 Å². The molecule has 0 spiro atoms. The number of carbonyl (C=O) groups is 11. The zero-order valence-corrected chi connectivity index (χ0v) is 46.3. The lowest BCUT2D eigenvalue weighted by atomic mass is 10.1. The first-order valence-electron chi connectivity index (χ1n) is 25.1. The van der Waals surface area contributed by atoms with Crippen molar-refractivity contribution in [2.45, 2.75) is 133 Å². The van der Waals surface area contributed by atoms with Crippen LogP contribution in [0.1, 0.15) is 81.9 Å². The minimum Gasteiger partial charge on any atom is -0.508 e. The second-order valence-electron chi connectivity index (χ2n) is 18.0. The van der Waals surface area contributed by atoms with Gasteiger partial charge in [0.15, 0.2) is 0 Å². The van der Waals surface area contributed by atoms with Crippen LogP contribution in [0, 0.1) is 5.92 Å². The van der Waals surface area contributed by atoms with E-state index in [9.17, 15) is 52.7 Å². The molecule has 0 aliphatic carbocycles. The lowest BCUT2D eigenvalue weighted by molar-refractivity contribution is -0.162. The summed E-state index contributed by atoms with van der Waals surface area (Å²) < 4.78 is 4.49. The average Bonchev–Trinajstić information content (AvgIpc) is 3.46. The molecule has 8 atom stereocenters. The maximum Gasteiger partial charge on any atom is 0.331 e. The SMILES string of the molecule is CC(C)[C@H](N)C(=O)O.NC(=O)C[C@H](N)C(=O)OC(=O)[C@@H](N)Cc1ccc(O)cc1.NCCCC[C@H](N)C(=O)O.N[C@@H](CCC(=O)O)C(=O)O.N[C@@H](CCC(=O)O)C(=O)O.N[C@@H](Cc1ccc(O)cc1)C(=O)O.N[C@@H](Cc1ccccc1)C(=O)O. The molecule has 30 N–H and O–H groups in total. The van der Waals surface area contributed by atoms with Crippen LogP contribution in [-0.4, -0.2) is 172 Å². The van der Waals surface area contributed by atoms with Crippen LogP contribution in [0.15, 0.2) is 78.9 Å². The largest absolute Gasteiger partial charge is 0.508 e. The van der Waals surface area contributed by atoms with Gasteiger partial charge in [-0.05, 0) is 98.4 Å². The normalized spacial score (nSPS) is 12.9. The number of aromatic hydroxyl groups is 2. The lowest BCUT2D eigenvalue weighted by Crippen LogP contribution is -2.42. The molecule has 3 rings (SSSR count). The molecule has 32 heteroatoms. The molecule has 1 amide bonds. The van der Waals surface area contributed by atoms with Gasteiger partial charge in [-0.15, -0.1) is 0 Å². The van der Waals surface area contributed by atoms with Crippen LogP contribution < -0.4 is 57.3 Å². The highest BCUT2D eigenvalue weighted by molar-refractivity contribution is 5.93. The zero-order valence-electron chi connectivity index (χ0n) is 46.3. The molecule has 0 unspecified atom stereocenters. The number of hydrogen-bond acceptors (Lipinski definition) is 23. The van der Waals surface area contributed by atoms with Gasteiger partial charge in [0, 0.05) is 12.8 Å². The smallest absolute Gasteiger partial charge is 0.331 e. The number of hydrogen-bond donors (Lipinski definition) is 20. The molecule has 0 aromatic heterocycles. The molecule has 0 heterocycles. The Morgan fingerprint density at radius 1 is 0.417 bits per heavy atom. The van der Waals surface area contributed by atoms with Crippen LogP contribution in [0.25, 0.3) is 0 Å². The summed E-state index contributed by atoms with van der Waals surface area (Å²) in [5.74, 6) is -10.8. The number of amides is 1. The molecule has 3 aromatic carbocycles. The molecule has 0 bridgehead atoms. The topological polar surface area (TPSA) is 660 Å². The Bertz CT molecular complexity index is 2420. The molecule has 3 aromatic rings. The maximum atomic E-state index is 11.6. The molecular weight excluding hydrogens is 1120 g/mol. The van der Waals surface area contributed by atoms with Crippen LogP contribution in [0.2, 0.25) is 0 Å². The monoisotopic (exact) mass is 1200 g/mol. The van der Waals surface area contributed by atoms with Crippen molar-refractivity contribution in [3.8, 4) is 11.5 Å². The van der Waals surface area contributed by atoms with Gasteiger partial charge in [-0.3, -0.25) is 43.2 Å². The van der Waals surface area contributed by atoms with Crippen LogP contribution >= 0.6 is 0 Å². The van der Waals surface area contributed by atoms with Gasteiger partial charge in [-0.25, -0.2) is 9.59 Å². The molecule has 0 saturated heterocycles. The fraction of sp³-hybridized carbons (Fsp3) is 0.442. The summed E-state index contributed by atoms with van der Waals surface area (Å²) in [5.41, 5.74) is 54.5. The second-order valence-corrected chi connectivity index (χ2v) is 18.0. The van der Waals surface area contributed by atoms with Crippen molar-refractivity contribution in [1.29, 1.82) is 0 Å². The van der Waals surface area contributed by atoms with Crippen molar-refractivity contribution in [1.82, 2.24) is 0 Å². The van der Waals surface area contributed by atoms with E-state index >= 15 is 0 Å². The molecule has 0 radical (unpaired) electrons. The number of nitrogens with two attached hydrogens (primary N) is 10. The van der Waals surface area contributed by atoms with E-state index in [1.807, 2.05) is 30.3 Å². The summed E-state index contributed by atoms with van der Waals surface area (Å²) in [4.78, 5) is 114. The molecule has 0 aliphatic heterocycles. The van der Waals surface area contributed by atoms with Gasteiger partial charge < -0.3 is 113 Å². The average molecular weight is 1200 g/mol. The van der Waals surface area contributed by atoms with Crippen molar-refractivity contribution in [2.24, 2.45) is 63.3 Å². The first kappa shape index (κ1) is 81.7. The van der Waals surface area contributed by atoms with Gasteiger partial charge in [-0.1, -0.05) is 74.9 Å². The van der Waals surface area contributed by atoms with E-state index in [1.54, 1.807) is 38.1 Å². The highest BCUT2D eigenvalue weighted by Gasteiger charge is 2.25. The number of carbonyl (C=O) groups excluding carboxylic acids is 3. The van der Waals surface area contributed by atoms with Crippen LogP contribution in [0.3, 0.4) is 0 Å². The first-order chi connectivity index (χ1) is 38.9. The lowest BCUT2D eigenvalue weighted by Gasteiger charge is -2.12. The summed E-state index contributed by atoms with van der Waals surface area (Å²) in [6, 6.07) is 14.1. The van der Waals surface area contributed by atoms with Crippen LogP contribution in [-0.2, 0) is 76.7 Å². The van der Waals surface area contributed by atoms with Gasteiger partial charge in [0.2, 0.25) is 5.91 Å². The van der Waals surface area contributed by atoms with Crippen molar-refractivity contribution in [2.75, 3.05) is 6.54 Å². The molecule has 0 fully saturated rings. The predicted octanol–water partition coefficient (Wildman–Crippen LogP) is -2.37. The Labute approximate surface area is 482 Å². The number of unbranched alkanes of at least 4 members (excludes halogenated alkanes) is 1. The van der Waals surface area contributed by atoms with E-state index in [2.05, 4.69) is 4.74 Å². The number of ether oxygens (including phenoxy) is 1. The van der Waals surface area contributed by atoms with Gasteiger partial charge in [0.05, 0.1) is 6.42 Å². The van der Waals surface area contributed by atoms with E-state index in [-0.39, 0.29) is 55.9 Å². The number of primary amides is 1. The highest BCUT2D eigenvalue weighted by Crippen LogP contribution is 2.12. The molecule has 0 aliphatic rings. The van der Waals surface area contributed by atoms with E-state index in [0.29, 0.717) is 24.9 Å². The minimum atomic E-state index is -1.30. The molecule has 32 nitrogen and oxygen atoms in total. The summed E-state index contributed by atoms with van der Waals surface area (Å²) in [7, 11) is 0. The number of benzene rings is 3. The van der Waals surface area contributed by atoms with Crippen LogP contribution in [0.4, 0.5) is 0 Å². The minimum absolute atomic E-state index is 0.0208. The summed E-state index contributed by atoms with van der Waals surface area (Å²) in [5, 5.41) is 84.2. The van der Waals surface area contributed by atoms with Crippen molar-refractivity contribution >= 4 is 65.6 Å². The van der Waals surface area contributed by atoms with Crippen molar-refractivity contribution < 1.29 is 109 Å². The molecule has 0 saturated carbocycles. The van der Waals surface area contributed by atoms with Crippen molar-refractivity contribution in [3.63, 3.8) is 0 Å². The molecule has 84 heavy (non-hydrogen) atoms. The number of carboxylic acids is 8. The fourth-order valence-corrected chi connectivity index (χ4v) is 5.17. The summed E-state index contributed by atoms with van der Waals surface area (Å²) >= 11 is 0. The Hall–Kier alpha value is -8.73. The summed E-state index contributed by atoms with van der Waals surface area (Å²) in [6.07, 6.45) is 2.08. The van der Waals surface area contributed by atoms with Gasteiger partial charge in [0.25, 0.3) is 0 Å². The standard InChI is InChI=1S/C13H17N3O5.C9H11NO3.C9H11NO2.C6H14N2O2.2C5H9NO4.C5H11NO2/c14-9(5-7-1-3-8(17)4-2-7)12(19)21-13(20)10(15)6-11(16)18;10-8(9(12)13)5-6-1-3-7(11)4-2-6;10-8(9(11)12)6-7-4-2-1-3-5-7;7-4-2-1-3-5(8)6(9)10;2*6-3(5(9)10)1-2-4(7)8;1-3(2)4(6)5(7)8/h1-4,9-10,17H,5-6,14-15H2,(H2,16,18);1-4,8,11H,5,10H2,(H,12,13);1-5,8H,6,10H2,(H,11,12);5H,1-4,7-8H2,(H,9,10);2*3H,1-2,6H2,(H,7,8)(H,9,10);3-4H,6H2,1-2H3,(H,7,8)/t9-,10-;2*8-;5-;2*3-;4-/m0000000/s1. The van der Waals surface area contributed by atoms with Gasteiger partial charge in [-0.2, -0.15) is 0 Å². The quantitative estimate of drug-likeness (QED) is 0.0215. The Morgan fingerprint density at radius 3 is 1.02 bits per heavy atom. The third kappa shape index (κ3) is 47.0. The number of carboxylic acid groups (broad SMARTS) is 8. The molecular formula is C52H82N10O22. The van der Waals surface area contributed by atoms with E-state index < -0.39 is 120 Å². The number of phenols is 2.